The second-order valence-electron chi connectivity index (χ2n) is 8.67. The highest BCUT2D eigenvalue weighted by Gasteiger charge is 2.44. The zero-order chi connectivity index (χ0) is 25.8. The molecule has 36 heavy (non-hydrogen) atoms. The van der Waals surface area contributed by atoms with E-state index < -0.39 is 22.7 Å². The van der Waals surface area contributed by atoms with Gasteiger partial charge in [-0.15, -0.1) is 0 Å². The number of hydrogen-bond donors (Lipinski definition) is 3. The molecule has 0 saturated carbocycles. The Balaban J connectivity index is 1.39. The molecule has 1 atom stereocenters. The van der Waals surface area contributed by atoms with Crippen LogP contribution < -0.4 is 16.2 Å². The molecule has 7 nitrogen and oxygen atoms in total. The molecule has 1 aliphatic rings. The van der Waals surface area contributed by atoms with Gasteiger partial charge in [-0.1, -0.05) is 24.3 Å². The van der Waals surface area contributed by atoms with E-state index in [9.17, 15) is 27.6 Å². The molecule has 1 aliphatic heterocycles. The van der Waals surface area contributed by atoms with Gasteiger partial charge in [0.2, 0.25) is 11.5 Å². The van der Waals surface area contributed by atoms with Crippen LogP contribution in [0.2, 0.25) is 0 Å². The lowest BCUT2D eigenvalue weighted by molar-refractivity contribution is -0.137. The SMILES string of the molecule is O=C(C[C@@]1(C(=O)NCc2ccc(Nc3ccccc3C(F)(F)F)cc2)CCOC1)c1cc[nH]c(=O)c1. The number of Topliss-reactive ketones (excluding diaryl/α,β-unsaturated/α-hetero) is 1. The number of alkyl halides is 3. The fraction of sp³-hybridized carbons (Fsp3) is 0.269. The normalized spacial score (nSPS) is 17.5. The smallest absolute Gasteiger partial charge is 0.380 e. The van der Waals surface area contributed by atoms with Crippen molar-refractivity contribution < 1.29 is 27.5 Å². The largest absolute Gasteiger partial charge is 0.418 e. The van der Waals surface area contributed by atoms with Gasteiger partial charge in [0.25, 0.3) is 0 Å². The van der Waals surface area contributed by atoms with Gasteiger partial charge in [-0.3, -0.25) is 14.4 Å². The molecule has 2 aromatic carbocycles. The molecule has 0 spiro atoms. The van der Waals surface area contributed by atoms with E-state index in [1.54, 1.807) is 24.3 Å². The van der Waals surface area contributed by atoms with Gasteiger partial charge in [0.05, 0.1) is 23.3 Å². The Kier molecular flexibility index (Phi) is 7.25. The van der Waals surface area contributed by atoms with Crippen molar-refractivity contribution in [1.82, 2.24) is 10.3 Å². The van der Waals surface area contributed by atoms with Gasteiger partial charge in [0.15, 0.2) is 5.78 Å². The van der Waals surface area contributed by atoms with Crippen molar-refractivity contribution in [2.24, 2.45) is 5.41 Å². The number of aromatic amines is 1. The minimum atomic E-state index is -4.48. The van der Waals surface area contributed by atoms with Crippen LogP contribution >= 0.6 is 0 Å². The second kappa shape index (κ2) is 10.4. The van der Waals surface area contributed by atoms with Gasteiger partial charge in [0, 0.05) is 43.1 Å². The Hall–Kier alpha value is -3.92. The van der Waals surface area contributed by atoms with Crippen LogP contribution in [0.3, 0.4) is 0 Å². The molecule has 10 heteroatoms. The molecule has 0 unspecified atom stereocenters. The van der Waals surface area contributed by atoms with Crippen molar-refractivity contribution in [2.75, 3.05) is 18.5 Å². The first-order valence-electron chi connectivity index (χ1n) is 11.3. The monoisotopic (exact) mass is 499 g/mol. The average molecular weight is 499 g/mol. The first-order chi connectivity index (χ1) is 17.2. The predicted molar refractivity (Wildman–Crippen MR) is 127 cm³/mol. The van der Waals surface area contributed by atoms with E-state index in [4.69, 9.17) is 4.74 Å². The number of rotatable bonds is 8. The summed E-state index contributed by atoms with van der Waals surface area (Å²) in [6, 6.07) is 14.5. The van der Waals surface area contributed by atoms with Crippen LogP contribution in [0, 0.1) is 5.41 Å². The van der Waals surface area contributed by atoms with E-state index in [2.05, 4.69) is 15.6 Å². The molecule has 3 N–H and O–H groups in total. The Morgan fingerprint density at radius 1 is 1.06 bits per heavy atom. The number of aromatic nitrogens is 1. The molecule has 0 aliphatic carbocycles. The van der Waals surface area contributed by atoms with Crippen molar-refractivity contribution >= 4 is 23.1 Å². The summed E-state index contributed by atoms with van der Waals surface area (Å²) in [5.74, 6) is -0.657. The number of carbonyl (C=O) groups excluding carboxylic acids is 2. The maximum absolute atomic E-state index is 13.2. The van der Waals surface area contributed by atoms with Crippen LogP contribution in [0.25, 0.3) is 0 Å². The third-order valence-corrected chi connectivity index (χ3v) is 6.10. The quantitative estimate of drug-likeness (QED) is 0.398. The number of anilines is 2. The minimum absolute atomic E-state index is 0.0562. The first-order valence-corrected chi connectivity index (χ1v) is 11.3. The molecule has 2 heterocycles. The molecule has 1 saturated heterocycles. The molecular formula is C26H24F3N3O4. The summed E-state index contributed by atoms with van der Waals surface area (Å²) in [7, 11) is 0. The summed E-state index contributed by atoms with van der Waals surface area (Å²) in [6.45, 7) is 0.601. The number of pyridine rings is 1. The highest BCUT2D eigenvalue weighted by molar-refractivity contribution is 5.99. The van der Waals surface area contributed by atoms with Crippen LogP contribution in [0.5, 0.6) is 0 Å². The van der Waals surface area contributed by atoms with E-state index in [0.29, 0.717) is 18.7 Å². The molecule has 0 radical (unpaired) electrons. The Morgan fingerprint density at radius 2 is 1.81 bits per heavy atom. The number of para-hydroxylation sites is 1. The van der Waals surface area contributed by atoms with Crippen molar-refractivity contribution in [3.05, 3.63) is 93.9 Å². The zero-order valence-electron chi connectivity index (χ0n) is 19.2. The standard InChI is InChI=1S/C26H24F3N3O4/c27-26(28,29)20-3-1-2-4-21(20)32-19-7-5-17(6-8-19)15-31-24(35)25(10-12-36-16-25)14-22(33)18-9-11-30-23(34)13-18/h1-9,11,13,32H,10,12,14-16H2,(H,30,34)(H,31,35)/t25-/m0/s1. The molecule has 1 fully saturated rings. The van der Waals surface area contributed by atoms with Crippen molar-refractivity contribution in [3.63, 3.8) is 0 Å². The Morgan fingerprint density at radius 3 is 2.47 bits per heavy atom. The lowest BCUT2D eigenvalue weighted by Crippen LogP contribution is -2.42. The van der Waals surface area contributed by atoms with Crippen LogP contribution in [-0.4, -0.2) is 29.9 Å². The lowest BCUT2D eigenvalue weighted by Gasteiger charge is -2.25. The highest BCUT2D eigenvalue weighted by Crippen LogP contribution is 2.36. The van der Waals surface area contributed by atoms with E-state index >= 15 is 0 Å². The van der Waals surface area contributed by atoms with Gasteiger partial charge in [0.1, 0.15) is 0 Å². The number of ether oxygens (including phenoxy) is 1. The van der Waals surface area contributed by atoms with E-state index in [1.165, 1.54) is 36.5 Å². The highest BCUT2D eigenvalue weighted by atomic mass is 19.4. The summed E-state index contributed by atoms with van der Waals surface area (Å²) < 4.78 is 45.1. The van der Waals surface area contributed by atoms with Gasteiger partial charge >= 0.3 is 6.18 Å². The number of nitrogens with one attached hydrogen (secondary N) is 3. The topological polar surface area (TPSA) is 100 Å². The Labute approximate surface area is 204 Å². The average Bonchev–Trinajstić information content (AvgIpc) is 3.33. The second-order valence-corrected chi connectivity index (χ2v) is 8.67. The van der Waals surface area contributed by atoms with Gasteiger partial charge < -0.3 is 20.4 Å². The number of hydrogen-bond acceptors (Lipinski definition) is 5. The summed E-state index contributed by atoms with van der Waals surface area (Å²) >= 11 is 0. The van der Waals surface area contributed by atoms with Gasteiger partial charge in [-0.25, -0.2) is 0 Å². The molecule has 4 rings (SSSR count). The number of amides is 1. The number of benzene rings is 2. The van der Waals surface area contributed by atoms with E-state index in [0.717, 1.165) is 11.6 Å². The number of ketones is 1. The predicted octanol–water partition coefficient (Wildman–Crippen LogP) is 4.43. The number of carbonyl (C=O) groups is 2. The fourth-order valence-corrected chi connectivity index (χ4v) is 4.10. The van der Waals surface area contributed by atoms with Crippen LogP contribution in [-0.2, 0) is 22.3 Å². The zero-order valence-corrected chi connectivity index (χ0v) is 19.2. The number of halogens is 3. The van der Waals surface area contributed by atoms with Crippen molar-refractivity contribution in [1.29, 1.82) is 0 Å². The summed E-state index contributed by atoms with van der Waals surface area (Å²) in [6.07, 6.45) is -2.82. The van der Waals surface area contributed by atoms with Crippen LogP contribution in [0.4, 0.5) is 24.5 Å². The molecular weight excluding hydrogens is 475 g/mol. The van der Waals surface area contributed by atoms with E-state index in [1.807, 2.05) is 0 Å². The van der Waals surface area contributed by atoms with Crippen molar-refractivity contribution in [3.8, 4) is 0 Å². The number of H-pyrrole nitrogens is 1. The van der Waals surface area contributed by atoms with Crippen LogP contribution in [0.1, 0.15) is 34.3 Å². The third-order valence-electron chi connectivity index (χ3n) is 6.10. The summed E-state index contributed by atoms with van der Waals surface area (Å²) in [5, 5.41) is 5.62. The molecule has 3 aromatic rings. The lowest BCUT2D eigenvalue weighted by atomic mass is 9.80. The van der Waals surface area contributed by atoms with E-state index in [-0.39, 0.29) is 42.5 Å². The fourth-order valence-electron chi connectivity index (χ4n) is 4.10. The van der Waals surface area contributed by atoms with Crippen molar-refractivity contribution in [2.45, 2.75) is 25.6 Å². The van der Waals surface area contributed by atoms with Crippen LogP contribution in [0.15, 0.2) is 71.7 Å². The first kappa shape index (κ1) is 25.2. The molecule has 0 bridgehead atoms. The van der Waals surface area contributed by atoms with Gasteiger partial charge in [-0.2, -0.15) is 13.2 Å². The summed E-state index contributed by atoms with van der Waals surface area (Å²) in [4.78, 5) is 39.8. The molecule has 1 aromatic heterocycles. The maximum atomic E-state index is 13.2. The third kappa shape index (κ3) is 5.83. The maximum Gasteiger partial charge on any atom is 0.418 e. The van der Waals surface area contributed by atoms with Gasteiger partial charge in [-0.05, 0) is 42.3 Å². The minimum Gasteiger partial charge on any atom is -0.380 e. The summed E-state index contributed by atoms with van der Waals surface area (Å²) in [5.41, 5.74) is -0.837. The molecule has 1 amide bonds. The Bertz CT molecular complexity index is 1300. The molecule has 188 valence electrons.